The number of likely N-dealkylation sites (tertiary alicyclic amines) is 1. The molecule has 3 aromatic rings. The van der Waals surface area contributed by atoms with Crippen LogP contribution < -0.4 is 10.5 Å². The zero-order chi connectivity index (χ0) is 20.7. The molecule has 6 nitrogen and oxygen atoms in total. The zero-order valence-electron chi connectivity index (χ0n) is 17.2. The van der Waals surface area contributed by atoms with Crippen LogP contribution in [-0.4, -0.2) is 47.0 Å². The number of H-pyrrole nitrogens is 1. The van der Waals surface area contributed by atoms with E-state index in [1.807, 2.05) is 16.3 Å². The fourth-order valence-electron chi connectivity index (χ4n) is 4.62. The number of aromatic amines is 1. The Morgan fingerprint density at radius 3 is 2.67 bits per heavy atom. The number of rotatable bonds is 3. The molecule has 0 aliphatic carbocycles. The van der Waals surface area contributed by atoms with Gasteiger partial charge >= 0.3 is 0 Å². The molecule has 1 amide bonds. The molecule has 0 atom stereocenters. The second kappa shape index (κ2) is 7.87. The number of nitrogens with one attached hydrogen (secondary N) is 1. The standard InChI is InChI=1S/C23H26N4O2S/c1-15-5-4-6-17(13-15)18-14-30-20-19(18)24-23(25-21(20)28)27-11-7-16(8-12-27)22(29)26-9-2-3-10-26/h4-6,13-14,16H,2-3,7-12H2,1H3,(H,24,25,28). The number of piperidine rings is 1. The maximum atomic E-state index is 12.7. The molecular weight excluding hydrogens is 396 g/mol. The van der Waals surface area contributed by atoms with Gasteiger partial charge in [-0.05, 0) is 38.2 Å². The van der Waals surface area contributed by atoms with Crippen molar-refractivity contribution >= 4 is 33.4 Å². The molecule has 0 radical (unpaired) electrons. The molecule has 7 heteroatoms. The van der Waals surface area contributed by atoms with Crippen LogP contribution in [0.4, 0.5) is 5.95 Å². The van der Waals surface area contributed by atoms with Crippen molar-refractivity contribution in [1.82, 2.24) is 14.9 Å². The summed E-state index contributed by atoms with van der Waals surface area (Å²) in [6, 6.07) is 8.29. The highest BCUT2D eigenvalue weighted by Gasteiger charge is 2.30. The van der Waals surface area contributed by atoms with Gasteiger partial charge in [0.25, 0.3) is 5.56 Å². The van der Waals surface area contributed by atoms with Gasteiger partial charge in [0, 0.05) is 43.0 Å². The maximum Gasteiger partial charge on any atom is 0.270 e. The third kappa shape index (κ3) is 3.51. The smallest absolute Gasteiger partial charge is 0.270 e. The van der Waals surface area contributed by atoms with E-state index in [9.17, 15) is 9.59 Å². The third-order valence-corrected chi connectivity index (χ3v) is 7.27. The summed E-state index contributed by atoms with van der Waals surface area (Å²) >= 11 is 1.44. The van der Waals surface area contributed by atoms with Crippen molar-refractivity contribution in [2.45, 2.75) is 32.6 Å². The van der Waals surface area contributed by atoms with Crippen molar-refractivity contribution in [3.63, 3.8) is 0 Å². The Morgan fingerprint density at radius 1 is 1.17 bits per heavy atom. The first kappa shape index (κ1) is 19.3. The Balaban J connectivity index is 1.39. The van der Waals surface area contributed by atoms with Crippen LogP contribution in [-0.2, 0) is 4.79 Å². The average Bonchev–Trinajstić information content (AvgIpc) is 3.44. The Bertz CT molecular complexity index is 1140. The predicted molar refractivity (Wildman–Crippen MR) is 121 cm³/mol. The van der Waals surface area contributed by atoms with Gasteiger partial charge in [0.15, 0.2) is 0 Å². The highest BCUT2D eigenvalue weighted by molar-refractivity contribution is 7.17. The summed E-state index contributed by atoms with van der Waals surface area (Å²) in [6.07, 6.45) is 3.87. The van der Waals surface area contributed by atoms with Crippen LogP contribution in [0, 0.1) is 12.8 Å². The summed E-state index contributed by atoms with van der Waals surface area (Å²) in [5.41, 5.74) is 3.95. The minimum absolute atomic E-state index is 0.0887. The minimum Gasteiger partial charge on any atom is -0.342 e. The lowest BCUT2D eigenvalue weighted by Crippen LogP contribution is -2.42. The van der Waals surface area contributed by atoms with E-state index in [-0.39, 0.29) is 11.5 Å². The van der Waals surface area contributed by atoms with Gasteiger partial charge in [-0.2, -0.15) is 0 Å². The van der Waals surface area contributed by atoms with Crippen LogP contribution >= 0.6 is 11.3 Å². The molecule has 1 aromatic carbocycles. The normalized spacial score (nSPS) is 17.8. The van der Waals surface area contributed by atoms with Gasteiger partial charge in [-0.15, -0.1) is 11.3 Å². The SMILES string of the molecule is Cc1cccc(-c2csc3c(=O)[nH]c(N4CCC(C(=O)N5CCCC5)CC4)nc23)c1. The number of aromatic nitrogens is 2. The van der Waals surface area contributed by atoms with Crippen molar-refractivity contribution in [2.24, 2.45) is 5.92 Å². The van der Waals surface area contributed by atoms with Crippen LogP contribution in [0.2, 0.25) is 0 Å². The van der Waals surface area contributed by atoms with Gasteiger partial charge in [-0.25, -0.2) is 4.98 Å². The van der Waals surface area contributed by atoms with Crippen molar-refractivity contribution in [2.75, 3.05) is 31.1 Å². The third-order valence-electron chi connectivity index (χ3n) is 6.30. The van der Waals surface area contributed by atoms with E-state index in [0.717, 1.165) is 68.5 Å². The molecule has 0 unspecified atom stereocenters. The number of hydrogen-bond donors (Lipinski definition) is 1. The van der Waals surface area contributed by atoms with Crippen LogP contribution in [0.15, 0.2) is 34.4 Å². The molecule has 2 fully saturated rings. The molecule has 156 valence electrons. The molecular formula is C23H26N4O2S. The van der Waals surface area contributed by atoms with Crippen LogP contribution in [0.5, 0.6) is 0 Å². The molecule has 1 N–H and O–H groups in total. The molecule has 4 heterocycles. The fraction of sp³-hybridized carbons (Fsp3) is 0.435. The number of carbonyl (C=O) groups is 1. The summed E-state index contributed by atoms with van der Waals surface area (Å²) in [6.45, 7) is 5.36. The number of hydrogen-bond acceptors (Lipinski definition) is 5. The number of anilines is 1. The molecule has 0 saturated carbocycles. The van der Waals surface area contributed by atoms with E-state index in [1.165, 1.54) is 16.9 Å². The summed E-state index contributed by atoms with van der Waals surface area (Å²) in [5, 5.41) is 2.02. The van der Waals surface area contributed by atoms with Crippen molar-refractivity contribution in [1.29, 1.82) is 0 Å². The lowest BCUT2D eigenvalue weighted by molar-refractivity contribution is -0.135. The first-order chi connectivity index (χ1) is 14.6. The summed E-state index contributed by atoms with van der Waals surface area (Å²) in [5.74, 6) is 1.02. The molecule has 0 bridgehead atoms. The number of carbonyl (C=O) groups excluding carboxylic acids is 1. The monoisotopic (exact) mass is 422 g/mol. The number of amides is 1. The number of aryl methyl sites for hydroxylation is 1. The molecule has 5 rings (SSSR count). The number of fused-ring (bicyclic) bond motifs is 1. The number of nitrogens with zero attached hydrogens (tertiary/aromatic N) is 3. The fourth-order valence-corrected chi connectivity index (χ4v) is 5.53. The first-order valence-electron chi connectivity index (χ1n) is 10.7. The van der Waals surface area contributed by atoms with Gasteiger partial charge in [0.05, 0.1) is 5.52 Å². The van der Waals surface area contributed by atoms with Crippen molar-refractivity contribution in [3.05, 3.63) is 45.6 Å². The van der Waals surface area contributed by atoms with Gasteiger partial charge in [-0.1, -0.05) is 29.8 Å². The molecule has 2 aliphatic heterocycles. The van der Waals surface area contributed by atoms with Crippen molar-refractivity contribution in [3.8, 4) is 11.1 Å². The Kier molecular flexibility index (Phi) is 5.06. The molecule has 30 heavy (non-hydrogen) atoms. The second-order valence-corrected chi connectivity index (χ2v) is 9.26. The number of thiophene rings is 1. The highest BCUT2D eigenvalue weighted by atomic mass is 32.1. The van der Waals surface area contributed by atoms with Gasteiger partial charge in [-0.3, -0.25) is 14.6 Å². The minimum atomic E-state index is -0.0887. The average molecular weight is 423 g/mol. The van der Waals surface area contributed by atoms with Gasteiger partial charge in [0.1, 0.15) is 4.70 Å². The largest absolute Gasteiger partial charge is 0.342 e. The number of benzene rings is 1. The second-order valence-electron chi connectivity index (χ2n) is 8.38. The Morgan fingerprint density at radius 2 is 1.93 bits per heavy atom. The quantitative estimate of drug-likeness (QED) is 0.697. The Hall–Kier alpha value is -2.67. The van der Waals surface area contributed by atoms with E-state index in [0.29, 0.717) is 16.6 Å². The maximum absolute atomic E-state index is 12.7. The lowest BCUT2D eigenvalue weighted by Gasteiger charge is -2.33. The highest BCUT2D eigenvalue weighted by Crippen LogP contribution is 2.32. The Labute approximate surface area is 179 Å². The molecule has 2 aromatic heterocycles. The molecule has 2 aliphatic rings. The van der Waals surface area contributed by atoms with Crippen LogP contribution in [0.1, 0.15) is 31.2 Å². The van der Waals surface area contributed by atoms with E-state index < -0.39 is 0 Å². The van der Waals surface area contributed by atoms with E-state index >= 15 is 0 Å². The molecule has 2 saturated heterocycles. The van der Waals surface area contributed by atoms with Gasteiger partial charge in [0.2, 0.25) is 11.9 Å². The van der Waals surface area contributed by atoms with E-state index in [2.05, 4.69) is 35.0 Å². The summed E-state index contributed by atoms with van der Waals surface area (Å²) < 4.78 is 0.661. The summed E-state index contributed by atoms with van der Waals surface area (Å²) in [7, 11) is 0. The van der Waals surface area contributed by atoms with E-state index in [4.69, 9.17) is 4.98 Å². The van der Waals surface area contributed by atoms with Gasteiger partial charge < -0.3 is 9.80 Å². The van der Waals surface area contributed by atoms with Crippen LogP contribution in [0.25, 0.3) is 21.3 Å². The van der Waals surface area contributed by atoms with Crippen LogP contribution in [0.3, 0.4) is 0 Å². The molecule has 0 spiro atoms. The summed E-state index contributed by atoms with van der Waals surface area (Å²) in [4.78, 5) is 37.4. The lowest BCUT2D eigenvalue weighted by atomic mass is 9.95. The van der Waals surface area contributed by atoms with E-state index in [1.54, 1.807) is 0 Å². The first-order valence-corrected chi connectivity index (χ1v) is 11.6. The van der Waals surface area contributed by atoms with Crippen molar-refractivity contribution < 1.29 is 4.79 Å². The topological polar surface area (TPSA) is 69.3 Å². The zero-order valence-corrected chi connectivity index (χ0v) is 18.0. The predicted octanol–water partition coefficient (Wildman–Crippen LogP) is 3.80.